The number of hydrogen-bond donors (Lipinski definition) is 1. The summed E-state index contributed by atoms with van der Waals surface area (Å²) < 4.78 is 15.5. The Labute approximate surface area is 149 Å². The van der Waals surface area contributed by atoms with Crippen LogP contribution in [-0.2, 0) is 30.2 Å². The highest BCUT2D eigenvalue weighted by Crippen LogP contribution is 2.14. The van der Waals surface area contributed by atoms with E-state index in [9.17, 15) is 9.59 Å². The first-order valence-electron chi connectivity index (χ1n) is 8.22. The van der Waals surface area contributed by atoms with Gasteiger partial charge in [-0.2, -0.15) is 0 Å². The molecule has 1 unspecified atom stereocenters. The quantitative estimate of drug-likeness (QED) is 0.450. The van der Waals surface area contributed by atoms with Crippen LogP contribution in [0, 0.1) is 5.92 Å². The maximum absolute atomic E-state index is 12.4. The molecule has 1 rings (SSSR count). The van der Waals surface area contributed by atoms with Crippen molar-refractivity contribution in [2.24, 2.45) is 11.7 Å². The Morgan fingerprint density at radius 1 is 1.20 bits per heavy atom. The van der Waals surface area contributed by atoms with Gasteiger partial charge in [0.05, 0.1) is 19.1 Å². The summed E-state index contributed by atoms with van der Waals surface area (Å²) in [4.78, 5) is 25.5. The Hall–Kier alpha value is -1.96. The maximum atomic E-state index is 12.4. The average molecular weight is 352 g/mol. The topological polar surface area (TPSA) is 91.1 Å². The van der Waals surface area contributed by atoms with E-state index in [0.29, 0.717) is 19.6 Å². The molecule has 140 valence electrons. The lowest BCUT2D eigenvalue weighted by Crippen LogP contribution is -2.40. The summed E-state index contributed by atoms with van der Waals surface area (Å²) in [6.45, 7) is 2.70. The second kappa shape index (κ2) is 11.6. The Morgan fingerprint density at radius 2 is 1.88 bits per heavy atom. The fraction of sp³-hybridized carbons (Fsp3) is 0.556. The average Bonchev–Trinajstić information content (AvgIpc) is 2.60. The standard InChI is InChI=1S/C18H28N2O5/c1-14(25-13-24-10-9-23-3)20(2)17(21)12-16(18(19)22)11-15-7-5-4-6-8-15/h4-8,14,16H,9-13H2,1-3H3,(H2,19,22)/t14?,16-/m1/s1. The van der Waals surface area contributed by atoms with Crippen LogP contribution in [0.4, 0.5) is 0 Å². The number of amides is 2. The van der Waals surface area contributed by atoms with Crippen molar-refractivity contribution in [2.75, 3.05) is 34.2 Å². The van der Waals surface area contributed by atoms with Crippen molar-refractivity contribution in [3.05, 3.63) is 35.9 Å². The Bertz CT molecular complexity index is 523. The van der Waals surface area contributed by atoms with Crippen molar-refractivity contribution in [3.63, 3.8) is 0 Å². The van der Waals surface area contributed by atoms with Crippen LogP contribution in [0.1, 0.15) is 18.9 Å². The molecule has 0 fully saturated rings. The van der Waals surface area contributed by atoms with Crippen molar-refractivity contribution in [1.82, 2.24) is 4.90 Å². The summed E-state index contributed by atoms with van der Waals surface area (Å²) >= 11 is 0. The van der Waals surface area contributed by atoms with E-state index in [0.717, 1.165) is 5.56 Å². The zero-order valence-corrected chi connectivity index (χ0v) is 15.1. The Morgan fingerprint density at radius 3 is 2.48 bits per heavy atom. The number of hydrogen-bond acceptors (Lipinski definition) is 5. The zero-order valence-electron chi connectivity index (χ0n) is 15.1. The van der Waals surface area contributed by atoms with Gasteiger partial charge in [0, 0.05) is 20.6 Å². The lowest BCUT2D eigenvalue weighted by Gasteiger charge is -2.26. The van der Waals surface area contributed by atoms with Gasteiger partial charge in [-0.1, -0.05) is 30.3 Å². The molecule has 7 heteroatoms. The summed E-state index contributed by atoms with van der Waals surface area (Å²) in [6.07, 6.45) is 0.00432. The van der Waals surface area contributed by atoms with E-state index in [1.807, 2.05) is 30.3 Å². The van der Waals surface area contributed by atoms with Gasteiger partial charge in [-0.15, -0.1) is 0 Å². The summed E-state index contributed by atoms with van der Waals surface area (Å²) in [6, 6.07) is 9.50. The van der Waals surface area contributed by atoms with Gasteiger partial charge >= 0.3 is 0 Å². The fourth-order valence-corrected chi connectivity index (χ4v) is 2.19. The molecule has 0 aliphatic carbocycles. The molecule has 0 saturated carbocycles. The molecule has 0 aliphatic heterocycles. The molecule has 0 saturated heterocycles. The van der Waals surface area contributed by atoms with E-state index in [1.54, 1.807) is 21.1 Å². The number of rotatable bonds is 12. The predicted octanol–water partition coefficient (Wildman–Crippen LogP) is 1.16. The zero-order chi connectivity index (χ0) is 18.7. The molecule has 0 heterocycles. The van der Waals surface area contributed by atoms with Crippen LogP contribution >= 0.6 is 0 Å². The largest absolute Gasteiger partial charge is 0.382 e. The van der Waals surface area contributed by atoms with Gasteiger partial charge in [-0.05, 0) is 18.9 Å². The first kappa shape index (κ1) is 21.1. The van der Waals surface area contributed by atoms with E-state index in [4.69, 9.17) is 19.9 Å². The molecule has 0 aromatic heterocycles. The van der Waals surface area contributed by atoms with Crippen LogP contribution in [0.15, 0.2) is 30.3 Å². The number of primary amides is 1. The van der Waals surface area contributed by atoms with E-state index >= 15 is 0 Å². The third kappa shape index (κ3) is 8.11. The summed E-state index contributed by atoms with van der Waals surface area (Å²) in [5.74, 6) is -1.24. The summed E-state index contributed by atoms with van der Waals surface area (Å²) in [5.41, 5.74) is 6.43. The minimum absolute atomic E-state index is 0.0406. The van der Waals surface area contributed by atoms with Crippen LogP contribution in [0.3, 0.4) is 0 Å². The molecule has 2 N–H and O–H groups in total. The van der Waals surface area contributed by atoms with E-state index in [-0.39, 0.29) is 19.1 Å². The fourth-order valence-electron chi connectivity index (χ4n) is 2.19. The highest BCUT2D eigenvalue weighted by molar-refractivity contribution is 5.85. The number of ether oxygens (including phenoxy) is 3. The van der Waals surface area contributed by atoms with Crippen LogP contribution in [-0.4, -0.2) is 57.1 Å². The lowest BCUT2D eigenvalue weighted by molar-refractivity contribution is -0.159. The highest BCUT2D eigenvalue weighted by atomic mass is 16.7. The van der Waals surface area contributed by atoms with Crippen molar-refractivity contribution in [1.29, 1.82) is 0 Å². The van der Waals surface area contributed by atoms with Gasteiger partial charge in [-0.3, -0.25) is 9.59 Å². The molecule has 25 heavy (non-hydrogen) atoms. The van der Waals surface area contributed by atoms with Crippen LogP contribution in [0.2, 0.25) is 0 Å². The highest BCUT2D eigenvalue weighted by Gasteiger charge is 2.24. The summed E-state index contributed by atoms with van der Waals surface area (Å²) in [5, 5.41) is 0. The van der Waals surface area contributed by atoms with Gasteiger partial charge in [0.25, 0.3) is 0 Å². The lowest BCUT2D eigenvalue weighted by atomic mass is 9.95. The van der Waals surface area contributed by atoms with Gasteiger partial charge in [-0.25, -0.2) is 0 Å². The van der Waals surface area contributed by atoms with Crippen LogP contribution < -0.4 is 5.73 Å². The minimum Gasteiger partial charge on any atom is -0.382 e. The van der Waals surface area contributed by atoms with E-state index < -0.39 is 18.1 Å². The molecule has 0 aliphatic rings. The van der Waals surface area contributed by atoms with Gasteiger partial charge in [0.1, 0.15) is 13.0 Å². The summed E-state index contributed by atoms with van der Waals surface area (Å²) in [7, 11) is 3.21. The van der Waals surface area contributed by atoms with Crippen molar-refractivity contribution < 1.29 is 23.8 Å². The SMILES string of the molecule is COCCOCOC(C)N(C)C(=O)C[C@@H](Cc1ccccc1)C(N)=O. The second-order valence-corrected chi connectivity index (χ2v) is 5.78. The number of nitrogens with zero attached hydrogens (tertiary/aromatic N) is 1. The van der Waals surface area contributed by atoms with Crippen molar-refractivity contribution >= 4 is 11.8 Å². The number of methoxy groups -OCH3 is 1. The molecule has 1 aromatic carbocycles. The smallest absolute Gasteiger partial charge is 0.225 e. The molecule has 2 amide bonds. The number of benzene rings is 1. The number of carbonyl (C=O) groups excluding carboxylic acids is 2. The second-order valence-electron chi connectivity index (χ2n) is 5.78. The molecule has 0 spiro atoms. The van der Waals surface area contributed by atoms with Crippen molar-refractivity contribution in [2.45, 2.75) is 26.0 Å². The number of carbonyl (C=O) groups is 2. The van der Waals surface area contributed by atoms with Gasteiger partial charge < -0.3 is 24.8 Å². The molecule has 1 aromatic rings. The van der Waals surface area contributed by atoms with Crippen LogP contribution in [0.5, 0.6) is 0 Å². The number of nitrogens with two attached hydrogens (primary N) is 1. The third-order valence-electron chi connectivity index (χ3n) is 3.91. The molecule has 2 atom stereocenters. The van der Waals surface area contributed by atoms with Crippen LogP contribution in [0.25, 0.3) is 0 Å². The molecule has 7 nitrogen and oxygen atoms in total. The third-order valence-corrected chi connectivity index (χ3v) is 3.91. The first-order valence-corrected chi connectivity index (χ1v) is 8.22. The predicted molar refractivity (Wildman–Crippen MR) is 93.5 cm³/mol. The van der Waals surface area contributed by atoms with E-state index in [1.165, 1.54) is 4.90 Å². The molecule has 0 bridgehead atoms. The van der Waals surface area contributed by atoms with E-state index in [2.05, 4.69) is 0 Å². The Kier molecular flexibility index (Phi) is 9.76. The monoisotopic (exact) mass is 352 g/mol. The van der Waals surface area contributed by atoms with Gasteiger partial charge in [0.15, 0.2) is 0 Å². The first-order chi connectivity index (χ1) is 12.0. The van der Waals surface area contributed by atoms with Crippen molar-refractivity contribution in [3.8, 4) is 0 Å². The molecular weight excluding hydrogens is 324 g/mol. The molecular formula is C18H28N2O5. The Balaban J connectivity index is 2.48. The molecule has 0 radical (unpaired) electrons. The maximum Gasteiger partial charge on any atom is 0.225 e. The normalized spacial score (nSPS) is 13.2. The minimum atomic E-state index is -0.553. The van der Waals surface area contributed by atoms with Gasteiger partial charge in [0.2, 0.25) is 11.8 Å².